The molecule has 9 heteroatoms. The Hall–Kier alpha value is -3.14. The lowest BCUT2D eigenvalue weighted by Gasteiger charge is -2.47. The number of fused-ring (bicyclic) bond motifs is 1. The summed E-state index contributed by atoms with van der Waals surface area (Å²) >= 11 is 1.65. The first-order valence-corrected chi connectivity index (χ1v) is 14.2. The fraction of sp³-hybridized carbons (Fsp3) is 0.448. The smallest absolute Gasteiger partial charge is 0.165 e. The van der Waals surface area contributed by atoms with E-state index >= 15 is 0 Å². The molecule has 0 saturated carbocycles. The molecule has 0 aromatic carbocycles. The third-order valence-electron chi connectivity index (χ3n) is 7.64. The second kappa shape index (κ2) is 10.9. The minimum Gasteiger partial charge on any atom is -0.375 e. The Bertz CT molecular complexity index is 1410. The zero-order chi connectivity index (χ0) is 26.9. The summed E-state index contributed by atoms with van der Waals surface area (Å²) in [6.45, 7) is 12.0. The number of hydrogen-bond acceptors (Lipinski definition) is 8. The fourth-order valence-corrected chi connectivity index (χ4v) is 5.85. The van der Waals surface area contributed by atoms with Crippen molar-refractivity contribution < 1.29 is 9.53 Å². The number of thiophene rings is 1. The van der Waals surface area contributed by atoms with Crippen LogP contribution in [0.1, 0.15) is 50.9 Å². The summed E-state index contributed by atoms with van der Waals surface area (Å²) in [5.41, 5.74) is 3.61. The molecular formula is C29H36N6O2S. The van der Waals surface area contributed by atoms with Crippen molar-refractivity contribution in [2.75, 3.05) is 38.2 Å². The number of anilines is 1. The Balaban J connectivity index is 1.50. The molecular weight excluding hydrogens is 496 g/mol. The summed E-state index contributed by atoms with van der Waals surface area (Å²) in [6.07, 6.45) is 5.02. The number of aromatic nitrogens is 4. The van der Waals surface area contributed by atoms with E-state index in [4.69, 9.17) is 14.7 Å². The maximum absolute atomic E-state index is 13.5. The first-order chi connectivity index (χ1) is 18.3. The molecule has 1 aliphatic heterocycles. The van der Waals surface area contributed by atoms with Crippen LogP contribution < -0.4 is 4.90 Å². The summed E-state index contributed by atoms with van der Waals surface area (Å²) in [5, 5.41) is 6.57. The Morgan fingerprint density at radius 3 is 2.66 bits per heavy atom. The molecule has 0 radical (unpaired) electrons. The minimum absolute atomic E-state index is 0.132. The normalized spacial score (nSPS) is 15.7. The van der Waals surface area contributed by atoms with Gasteiger partial charge in [0.2, 0.25) is 0 Å². The van der Waals surface area contributed by atoms with Gasteiger partial charge in [0.15, 0.2) is 11.4 Å². The number of nitrogens with zero attached hydrogens (tertiary/aromatic N) is 6. The first-order valence-electron chi connectivity index (χ1n) is 13.3. The second-order valence-corrected chi connectivity index (χ2v) is 11.2. The van der Waals surface area contributed by atoms with E-state index in [1.807, 2.05) is 35.8 Å². The summed E-state index contributed by atoms with van der Waals surface area (Å²) < 4.78 is 7.42. The van der Waals surface area contributed by atoms with Crippen molar-refractivity contribution in [3.8, 4) is 21.8 Å². The van der Waals surface area contributed by atoms with E-state index in [9.17, 15) is 4.79 Å². The van der Waals surface area contributed by atoms with E-state index in [0.29, 0.717) is 23.7 Å². The SMILES string of the molecule is CCN(CC)[C@@H](C)CCC(=O)c1cc(-c2cnn3ccc(-c4cccs4)nc23)nc(N2CC(C)(OC)C2)c1. The molecule has 5 rings (SSSR count). The highest BCUT2D eigenvalue weighted by atomic mass is 32.1. The van der Waals surface area contributed by atoms with Crippen molar-refractivity contribution in [1.82, 2.24) is 24.5 Å². The van der Waals surface area contributed by atoms with Crippen LogP contribution in [0.5, 0.6) is 0 Å². The predicted molar refractivity (Wildman–Crippen MR) is 153 cm³/mol. The van der Waals surface area contributed by atoms with Gasteiger partial charge in [0.1, 0.15) is 5.82 Å². The van der Waals surface area contributed by atoms with Gasteiger partial charge in [-0.3, -0.25) is 4.79 Å². The van der Waals surface area contributed by atoms with Crippen LogP contribution >= 0.6 is 11.3 Å². The van der Waals surface area contributed by atoms with Gasteiger partial charge in [-0.05, 0) is 63.0 Å². The average molecular weight is 533 g/mol. The topological polar surface area (TPSA) is 75.9 Å². The molecule has 0 amide bonds. The number of pyridine rings is 1. The molecule has 1 saturated heterocycles. The predicted octanol–water partition coefficient (Wildman–Crippen LogP) is 5.44. The van der Waals surface area contributed by atoms with Gasteiger partial charge < -0.3 is 14.5 Å². The van der Waals surface area contributed by atoms with Crippen LogP contribution in [0.4, 0.5) is 5.82 Å². The third kappa shape index (κ3) is 5.23. The van der Waals surface area contributed by atoms with E-state index in [0.717, 1.165) is 60.2 Å². The maximum Gasteiger partial charge on any atom is 0.165 e. The number of rotatable bonds is 11. The molecule has 200 valence electrons. The highest BCUT2D eigenvalue weighted by Crippen LogP contribution is 2.33. The highest BCUT2D eigenvalue weighted by Gasteiger charge is 2.40. The summed E-state index contributed by atoms with van der Waals surface area (Å²) in [5.74, 6) is 0.915. The zero-order valence-electron chi connectivity index (χ0n) is 22.8. The lowest BCUT2D eigenvalue weighted by atomic mass is 9.95. The van der Waals surface area contributed by atoms with Crippen molar-refractivity contribution >= 4 is 28.6 Å². The van der Waals surface area contributed by atoms with Crippen molar-refractivity contribution in [3.63, 3.8) is 0 Å². The lowest BCUT2D eigenvalue weighted by Crippen LogP contribution is -2.61. The standard InChI is InChI=1S/C29H36N6O2S/c1-6-33(7-2)20(3)10-11-25(36)21-15-24(31-27(16-21)34-18-29(4,19-34)37-5)22-17-30-35-13-12-23(32-28(22)35)26-9-8-14-38-26/h8-9,12-17,20H,6-7,10-11,18-19H2,1-5H3/t20-/m0/s1. The van der Waals surface area contributed by atoms with Crippen molar-refractivity contribution in [1.29, 1.82) is 0 Å². The summed E-state index contributed by atoms with van der Waals surface area (Å²) in [7, 11) is 1.74. The van der Waals surface area contributed by atoms with Gasteiger partial charge in [-0.2, -0.15) is 5.10 Å². The van der Waals surface area contributed by atoms with E-state index in [1.165, 1.54) is 0 Å². The van der Waals surface area contributed by atoms with Crippen LogP contribution in [0.15, 0.2) is 48.1 Å². The molecule has 0 spiro atoms. The fourth-order valence-electron chi connectivity index (χ4n) is 5.15. The molecule has 38 heavy (non-hydrogen) atoms. The molecule has 0 N–H and O–H groups in total. The van der Waals surface area contributed by atoms with Gasteiger partial charge >= 0.3 is 0 Å². The van der Waals surface area contributed by atoms with E-state index < -0.39 is 0 Å². The number of carbonyl (C=O) groups excluding carboxylic acids is 1. The number of Topliss-reactive ketones (excluding diaryl/α,β-unsaturated/α-hetero) is 1. The Morgan fingerprint density at radius 2 is 1.97 bits per heavy atom. The first kappa shape index (κ1) is 26.5. The van der Waals surface area contributed by atoms with Gasteiger partial charge in [-0.15, -0.1) is 11.3 Å². The van der Waals surface area contributed by atoms with Crippen molar-refractivity contribution in [2.45, 2.75) is 52.2 Å². The average Bonchev–Trinajstić information content (AvgIpc) is 3.60. The van der Waals surface area contributed by atoms with Crippen LogP contribution in [0.2, 0.25) is 0 Å². The molecule has 0 bridgehead atoms. The molecule has 5 heterocycles. The van der Waals surface area contributed by atoms with Crippen LogP contribution in [0.25, 0.3) is 27.5 Å². The van der Waals surface area contributed by atoms with Gasteiger partial charge in [0.05, 0.1) is 33.6 Å². The molecule has 0 aliphatic carbocycles. The van der Waals surface area contributed by atoms with E-state index in [-0.39, 0.29) is 11.4 Å². The molecule has 4 aromatic heterocycles. The van der Waals surface area contributed by atoms with Gasteiger partial charge in [0.25, 0.3) is 0 Å². The van der Waals surface area contributed by atoms with Gasteiger partial charge in [-0.25, -0.2) is 14.5 Å². The summed E-state index contributed by atoms with van der Waals surface area (Å²) in [6, 6.07) is 10.2. The number of ether oxygens (including phenoxy) is 1. The van der Waals surface area contributed by atoms with E-state index in [1.54, 1.807) is 29.2 Å². The molecule has 1 aliphatic rings. The largest absolute Gasteiger partial charge is 0.375 e. The van der Waals surface area contributed by atoms with E-state index in [2.05, 4.69) is 48.7 Å². The lowest BCUT2D eigenvalue weighted by molar-refractivity contribution is -0.0171. The summed E-state index contributed by atoms with van der Waals surface area (Å²) in [4.78, 5) is 29.0. The van der Waals surface area contributed by atoms with Crippen LogP contribution in [-0.4, -0.2) is 75.2 Å². The molecule has 0 unspecified atom stereocenters. The van der Waals surface area contributed by atoms with Crippen LogP contribution in [-0.2, 0) is 4.74 Å². The number of methoxy groups -OCH3 is 1. The zero-order valence-corrected chi connectivity index (χ0v) is 23.7. The molecule has 1 fully saturated rings. The Morgan fingerprint density at radius 1 is 1.18 bits per heavy atom. The highest BCUT2D eigenvalue weighted by molar-refractivity contribution is 7.13. The van der Waals surface area contributed by atoms with Crippen molar-refractivity contribution in [2.24, 2.45) is 0 Å². The quantitative estimate of drug-likeness (QED) is 0.238. The third-order valence-corrected chi connectivity index (χ3v) is 8.54. The molecule has 4 aromatic rings. The molecule has 8 nitrogen and oxygen atoms in total. The van der Waals surface area contributed by atoms with Crippen LogP contribution in [0.3, 0.4) is 0 Å². The molecule has 1 atom stereocenters. The Kier molecular flexibility index (Phi) is 7.61. The van der Waals surface area contributed by atoms with Crippen LogP contribution in [0, 0.1) is 0 Å². The monoisotopic (exact) mass is 532 g/mol. The van der Waals surface area contributed by atoms with Gasteiger partial charge in [0, 0.05) is 44.4 Å². The number of ketones is 1. The maximum atomic E-state index is 13.5. The minimum atomic E-state index is -0.206. The second-order valence-electron chi connectivity index (χ2n) is 10.3. The van der Waals surface area contributed by atoms with Crippen molar-refractivity contribution in [3.05, 3.63) is 53.7 Å². The number of carbonyl (C=O) groups is 1. The number of hydrogen-bond donors (Lipinski definition) is 0. The Labute approximate surface area is 228 Å². The van der Waals surface area contributed by atoms with Gasteiger partial charge in [-0.1, -0.05) is 19.9 Å².